The highest BCUT2D eigenvalue weighted by atomic mass is 16.3. The molecule has 1 aliphatic rings. The van der Waals surface area contributed by atoms with Crippen molar-refractivity contribution in [3.8, 4) is 0 Å². The summed E-state index contributed by atoms with van der Waals surface area (Å²) < 4.78 is 5.99. The van der Waals surface area contributed by atoms with Gasteiger partial charge in [-0.05, 0) is 30.7 Å². The van der Waals surface area contributed by atoms with Gasteiger partial charge in [-0.1, -0.05) is 45.4 Å². The number of para-hydroxylation sites is 1. The number of aryl methyl sites for hydroxylation is 1. The molecule has 0 saturated heterocycles. The molecule has 1 saturated carbocycles. The summed E-state index contributed by atoms with van der Waals surface area (Å²) in [4.78, 5) is 0. The van der Waals surface area contributed by atoms with Crippen LogP contribution in [0.1, 0.15) is 51.4 Å². The first-order valence-electron chi connectivity index (χ1n) is 8.47. The first-order valence-corrected chi connectivity index (χ1v) is 8.47. The van der Waals surface area contributed by atoms with Gasteiger partial charge in [0.1, 0.15) is 11.3 Å². The molecule has 2 aromatic rings. The van der Waals surface area contributed by atoms with Crippen LogP contribution in [0.2, 0.25) is 0 Å². The van der Waals surface area contributed by atoms with E-state index in [9.17, 15) is 0 Å². The molecule has 1 aromatic carbocycles. The highest BCUT2D eigenvalue weighted by Gasteiger charge is 2.31. The zero-order valence-corrected chi connectivity index (χ0v) is 13.5. The highest BCUT2D eigenvalue weighted by Crippen LogP contribution is 2.34. The standard InChI is InChI=1S/C19H27NO/c1-4-14-10-11-17(13(14)3)20-12-16-15-8-6-7-9-19(15)21-18(16)5-2/h6-9,13-14,17,20H,4-5,10-12H2,1-3H3. The van der Waals surface area contributed by atoms with Crippen LogP contribution in [-0.4, -0.2) is 6.04 Å². The Labute approximate surface area is 127 Å². The smallest absolute Gasteiger partial charge is 0.134 e. The monoisotopic (exact) mass is 285 g/mol. The van der Waals surface area contributed by atoms with E-state index in [1.54, 1.807) is 0 Å². The van der Waals surface area contributed by atoms with Crippen LogP contribution in [0.3, 0.4) is 0 Å². The Balaban J connectivity index is 1.76. The summed E-state index contributed by atoms with van der Waals surface area (Å²) in [6.07, 6.45) is 4.97. The maximum Gasteiger partial charge on any atom is 0.134 e. The van der Waals surface area contributed by atoms with Crippen LogP contribution in [0.4, 0.5) is 0 Å². The van der Waals surface area contributed by atoms with E-state index in [4.69, 9.17) is 4.42 Å². The number of hydrogen-bond donors (Lipinski definition) is 1. The van der Waals surface area contributed by atoms with Crippen molar-refractivity contribution >= 4 is 11.0 Å². The number of hydrogen-bond acceptors (Lipinski definition) is 2. The fourth-order valence-corrected chi connectivity index (χ4v) is 3.97. The predicted molar refractivity (Wildman–Crippen MR) is 88.4 cm³/mol. The predicted octanol–water partition coefficient (Wildman–Crippen LogP) is 4.91. The van der Waals surface area contributed by atoms with Crippen LogP contribution in [0.25, 0.3) is 11.0 Å². The fraction of sp³-hybridized carbons (Fsp3) is 0.579. The van der Waals surface area contributed by atoms with Crippen LogP contribution in [0.15, 0.2) is 28.7 Å². The number of rotatable bonds is 5. The Kier molecular flexibility index (Phi) is 4.34. The Morgan fingerprint density at radius 3 is 2.71 bits per heavy atom. The molecule has 1 N–H and O–H groups in total. The lowest BCUT2D eigenvalue weighted by Crippen LogP contribution is -2.32. The lowest BCUT2D eigenvalue weighted by Gasteiger charge is -2.21. The van der Waals surface area contributed by atoms with Crippen molar-refractivity contribution < 1.29 is 4.42 Å². The van der Waals surface area contributed by atoms with E-state index in [2.05, 4.69) is 44.3 Å². The van der Waals surface area contributed by atoms with Gasteiger partial charge < -0.3 is 9.73 Å². The SMILES string of the molecule is CCc1oc2ccccc2c1CNC1CCC(CC)C1C. The highest BCUT2D eigenvalue weighted by molar-refractivity contribution is 5.82. The summed E-state index contributed by atoms with van der Waals surface area (Å²) in [7, 11) is 0. The summed E-state index contributed by atoms with van der Waals surface area (Å²) in [5.74, 6) is 2.83. The van der Waals surface area contributed by atoms with Gasteiger partial charge in [-0.15, -0.1) is 0 Å². The van der Waals surface area contributed by atoms with E-state index in [-0.39, 0.29) is 0 Å². The molecule has 1 heterocycles. The van der Waals surface area contributed by atoms with Crippen molar-refractivity contribution in [3.63, 3.8) is 0 Å². The van der Waals surface area contributed by atoms with Gasteiger partial charge in [-0.25, -0.2) is 0 Å². The maximum absolute atomic E-state index is 5.99. The van der Waals surface area contributed by atoms with E-state index in [0.29, 0.717) is 6.04 Å². The van der Waals surface area contributed by atoms with Gasteiger partial charge in [0.15, 0.2) is 0 Å². The number of benzene rings is 1. The van der Waals surface area contributed by atoms with Crippen LogP contribution in [-0.2, 0) is 13.0 Å². The van der Waals surface area contributed by atoms with E-state index in [1.807, 2.05) is 6.07 Å². The average molecular weight is 285 g/mol. The molecule has 0 amide bonds. The second-order valence-corrected chi connectivity index (χ2v) is 6.45. The van der Waals surface area contributed by atoms with Crippen molar-refractivity contribution in [2.45, 2.75) is 59.0 Å². The molecule has 0 bridgehead atoms. The van der Waals surface area contributed by atoms with Crippen LogP contribution < -0.4 is 5.32 Å². The van der Waals surface area contributed by atoms with E-state index < -0.39 is 0 Å². The van der Waals surface area contributed by atoms with Crippen molar-refractivity contribution in [3.05, 3.63) is 35.6 Å². The molecule has 1 fully saturated rings. The lowest BCUT2D eigenvalue weighted by molar-refractivity contribution is 0.344. The topological polar surface area (TPSA) is 25.2 Å². The van der Waals surface area contributed by atoms with Crippen LogP contribution in [0.5, 0.6) is 0 Å². The summed E-state index contributed by atoms with van der Waals surface area (Å²) in [6.45, 7) is 7.84. The molecule has 2 heteroatoms. The normalized spacial score (nSPS) is 25.8. The first-order chi connectivity index (χ1) is 10.2. The molecule has 1 aliphatic carbocycles. The summed E-state index contributed by atoms with van der Waals surface area (Å²) in [5.41, 5.74) is 2.39. The van der Waals surface area contributed by atoms with Crippen LogP contribution in [0, 0.1) is 11.8 Å². The number of furan rings is 1. The quantitative estimate of drug-likeness (QED) is 0.844. The largest absolute Gasteiger partial charge is 0.461 e. The maximum atomic E-state index is 5.99. The van der Waals surface area contributed by atoms with Gasteiger partial charge in [-0.2, -0.15) is 0 Å². The number of nitrogens with one attached hydrogen (secondary N) is 1. The van der Waals surface area contributed by atoms with Gasteiger partial charge in [0, 0.05) is 30.0 Å². The third-order valence-corrected chi connectivity index (χ3v) is 5.40. The van der Waals surface area contributed by atoms with Gasteiger partial charge >= 0.3 is 0 Å². The van der Waals surface area contributed by atoms with Crippen molar-refractivity contribution in [1.29, 1.82) is 0 Å². The Bertz CT molecular complexity index is 601. The Morgan fingerprint density at radius 2 is 2.00 bits per heavy atom. The third-order valence-electron chi connectivity index (χ3n) is 5.40. The summed E-state index contributed by atoms with van der Waals surface area (Å²) in [6, 6.07) is 9.07. The van der Waals surface area contributed by atoms with Gasteiger partial charge in [-0.3, -0.25) is 0 Å². The van der Waals surface area contributed by atoms with Crippen molar-refractivity contribution in [2.75, 3.05) is 0 Å². The molecule has 2 nitrogen and oxygen atoms in total. The molecular formula is C19H27NO. The zero-order chi connectivity index (χ0) is 14.8. The second-order valence-electron chi connectivity index (χ2n) is 6.45. The van der Waals surface area contributed by atoms with Crippen LogP contribution >= 0.6 is 0 Å². The Morgan fingerprint density at radius 1 is 1.19 bits per heavy atom. The lowest BCUT2D eigenvalue weighted by atomic mass is 9.93. The van der Waals surface area contributed by atoms with E-state index >= 15 is 0 Å². The summed E-state index contributed by atoms with van der Waals surface area (Å²) >= 11 is 0. The minimum absolute atomic E-state index is 0.660. The van der Waals surface area contributed by atoms with Gasteiger partial charge in [0.25, 0.3) is 0 Å². The minimum atomic E-state index is 0.660. The fourth-order valence-electron chi connectivity index (χ4n) is 3.97. The molecule has 1 aromatic heterocycles. The molecule has 0 radical (unpaired) electrons. The first kappa shape index (κ1) is 14.6. The van der Waals surface area contributed by atoms with E-state index in [1.165, 1.54) is 30.2 Å². The molecular weight excluding hydrogens is 258 g/mol. The van der Waals surface area contributed by atoms with Gasteiger partial charge in [0.05, 0.1) is 0 Å². The van der Waals surface area contributed by atoms with E-state index in [0.717, 1.165) is 36.1 Å². The molecule has 3 rings (SSSR count). The average Bonchev–Trinajstić information content (AvgIpc) is 3.05. The minimum Gasteiger partial charge on any atom is -0.461 e. The number of fused-ring (bicyclic) bond motifs is 1. The zero-order valence-electron chi connectivity index (χ0n) is 13.5. The molecule has 114 valence electrons. The molecule has 0 aliphatic heterocycles. The molecule has 3 unspecified atom stereocenters. The van der Waals surface area contributed by atoms with Gasteiger partial charge in [0.2, 0.25) is 0 Å². The van der Waals surface area contributed by atoms with Crippen molar-refractivity contribution in [1.82, 2.24) is 5.32 Å². The summed E-state index contributed by atoms with van der Waals surface area (Å²) in [5, 5.41) is 5.08. The third kappa shape index (κ3) is 2.74. The second kappa shape index (κ2) is 6.23. The molecule has 0 spiro atoms. The molecule has 3 atom stereocenters. The molecule has 21 heavy (non-hydrogen) atoms. The van der Waals surface area contributed by atoms with Crippen molar-refractivity contribution in [2.24, 2.45) is 11.8 Å². The Hall–Kier alpha value is -1.28.